The lowest BCUT2D eigenvalue weighted by Crippen LogP contribution is -2.40. The highest BCUT2D eigenvalue weighted by atomic mass is 32.2. The highest BCUT2D eigenvalue weighted by Crippen LogP contribution is 2.31. The van der Waals surface area contributed by atoms with E-state index in [1.807, 2.05) is 60.7 Å². The first-order valence-electron chi connectivity index (χ1n) is 10.5. The fourth-order valence-electron chi connectivity index (χ4n) is 3.65. The lowest BCUT2D eigenvalue weighted by Gasteiger charge is -2.31. The monoisotopic (exact) mass is 482 g/mol. The van der Waals surface area contributed by atoms with Crippen molar-refractivity contribution >= 4 is 27.3 Å². The number of carbonyl (C=O) groups is 1. The van der Waals surface area contributed by atoms with Crippen molar-refractivity contribution in [3.8, 4) is 0 Å². The third-order valence-electron chi connectivity index (χ3n) is 5.62. The van der Waals surface area contributed by atoms with E-state index in [9.17, 15) is 23.3 Å². The number of rotatable bonds is 10. The zero-order valence-corrected chi connectivity index (χ0v) is 19.4. The van der Waals surface area contributed by atoms with Crippen LogP contribution >= 0.6 is 0 Å². The van der Waals surface area contributed by atoms with Crippen molar-refractivity contribution in [3.05, 3.63) is 100 Å². The Morgan fingerprint density at radius 2 is 1.56 bits per heavy atom. The quantitative estimate of drug-likeness (QED) is 0.299. The number of benzene rings is 3. The number of nitrogens with two attached hydrogens (primary N) is 1. The normalized spacial score (nSPS) is 11.6. The Labute approximate surface area is 198 Å². The summed E-state index contributed by atoms with van der Waals surface area (Å²) >= 11 is 0. The molecule has 0 aliphatic carbocycles. The number of hydrogen-bond donors (Lipinski definition) is 3. The molecule has 9 nitrogen and oxygen atoms in total. The van der Waals surface area contributed by atoms with Gasteiger partial charge in [0.2, 0.25) is 15.9 Å². The molecule has 3 rings (SSSR count). The van der Waals surface area contributed by atoms with E-state index in [-0.39, 0.29) is 29.5 Å². The Morgan fingerprint density at radius 3 is 2.06 bits per heavy atom. The van der Waals surface area contributed by atoms with Crippen LogP contribution in [0.2, 0.25) is 0 Å². The number of nitro groups is 1. The Hall–Kier alpha value is -3.76. The van der Waals surface area contributed by atoms with E-state index >= 15 is 0 Å². The minimum atomic E-state index is -4.07. The van der Waals surface area contributed by atoms with Gasteiger partial charge in [0.05, 0.1) is 9.82 Å². The van der Waals surface area contributed by atoms with Gasteiger partial charge in [-0.3, -0.25) is 14.9 Å². The topological polar surface area (TPSA) is 144 Å². The summed E-state index contributed by atoms with van der Waals surface area (Å²) in [6.07, 6.45) is 0.0632. The number of primary sulfonamides is 1. The summed E-state index contributed by atoms with van der Waals surface area (Å²) in [4.78, 5) is 22.8. The molecule has 0 aliphatic rings. The van der Waals surface area contributed by atoms with Crippen LogP contribution in [0.5, 0.6) is 0 Å². The average Bonchev–Trinajstić information content (AvgIpc) is 2.83. The van der Waals surface area contributed by atoms with Gasteiger partial charge in [-0.2, -0.15) is 0 Å². The summed E-state index contributed by atoms with van der Waals surface area (Å²) in [5, 5.41) is 22.2. The van der Waals surface area contributed by atoms with E-state index < -0.39 is 26.0 Å². The van der Waals surface area contributed by atoms with Gasteiger partial charge in [0.1, 0.15) is 5.69 Å². The zero-order valence-electron chi connectivity index (χ0n) is 18.6. The molecular formula is C24H26N4O5S. The minimum absolute atomic E-state index is 0.0632. The van der Waals surface area contributed by atoms with Crippen LogP contribution in [0.25, 0.3) is 0 Å². The summed E-state index contributed by atoms with van der Waals surface area (Å²) in [7, 11) is -4.07. The van der Waals surface area contributed by atoms with Crippen LogP contribution in [-0.4, -0.2) is 32.3 Å². The third kappa shape index (κ3) is 5.97. The number of nitrogens with one attached hydrogen (secondary N) is 2. The van der Waals surface area contributed by atoms with Crippen molar-refractivity contribution in [3.63, 3.8) is 0 Å². The van der Waals surface area contributed by atoms with Gasteiger partial charge < -0.3 is 10.6 Å². The van der Waals surface area contributed by atoms with Crippen molar-refractivity contribution < 1.29 is 18.1 Å². The summed E-state index contributed by atoms with van der Waals surface area (Å²) < 4.78 is 22.9. The predicted molar refractivity (Wildman–Crippen MR) is 130 cm³/mol. The van der Waals surface area contributed by atoms with E-state index in [4.69, 9.17) is 5.14 Å². The van der Waals surface area contributed by atoms with Gasteiger partial charge in [0.25, 0.3) is 5.69 Å². The van der Waals surface area contributed by atoms with Gasteiger partial charge in [-0.05, 0) is 30.2 Å². The van der Waals surface area contributed by atoms with E-state index in [0.29, 0.717) is 6.54 Å². The van der Waals surface area contributed by atoms with E-state index in [1.54, 1.807) is 0 Å². The molecule has 0 atom stereocenters. The largest absolute Gasteiger partial charge is 0.379 e. The smallest absolute Gasteiger partial charge is 0.293 e. The summed E-state index contributed by atoms with van der Waals surface area (Å²) in [5.74, 6) is -0.227. The first-order valence-corrected chi connectivity index (χ1v) is 12.1. The number of amides is 1. The molecule has 0 unspecified atom stereocenters. The molecule has 0 bridgehead atoms. The van der Waals surface area contributed by atoms with Gasteiger partial charge in [-0.15, -0.1) is 0 Å². The standard InChI is InChI=1S/C24H26N4O5S/c1-24(18-8-4-2-5-9-18,19-10-6-3-7-11-19)17-27-23(29)14-15-26-21-13-12-20(34(25,32)33)16-22(21)28(30)31/h2-13,16,26H,14-15,17H2,1H3,(H,27,29)(H2,25,32,33). The second kappa shape index (κ2) is 10.4. The Kier molecular flexibility index (Phi) is 7.64. The fraction of sp³-hybridized carbons (Fsp3) is 0.208. The van der Waals surface area contributed by atoms with Crippen LogP contribution in [0.1, 0.15) is 24.5 Å². The number of sulfonamides is 1. The first-order chi connectivity index (χ1) is 16.1. The Balaban J connectivity index is 1.65. The molecule has 0 radical (unpaired) electrons. The highest BCUT2D eigenvalue weighted by molar-refractivity contribution is 7.89. The van der Waals surface area contributed by atoms with Crippen LogP contribution < -0.4 is 15.8 Å². The highest BCUT2D eigenvalue weighted by Gasteiger charge is 2.29. The fourth-order valence-corrected chi connectivity index (χ4v) is 4.18. The number of nitrogens with zero attached hydrogens (tertiary/aromatic N) is 1. The molecule has 0 spiro atoms. The molecule has 0 aliphatic heterocycles. The Bertz CT molecular complexity index is 1230. The number of anilines is 1. The van der Waals surface area contributed by atoms with Crippen molar-refractivity contribution in [2.45, 2.75) is 23.7 Å². The molecule has 178 valence electrons. The second-order valence-corrected chi connectivity index (χ2v) is 9.56. The van der Waals surface area contributed by atoms with E-state index in [0.717, 1.165) is 17.2 Å². The SMILES string of the molecule is CC(CNC(=O)CCNc1ccc(S(N)(=O)=O)cc1[N+](=O)[O-])(c1ccccc1)c1ccccc1. The van der Waals surface area contributed by atoms with Crippen molar-refractivity contribution in [2.24, 2.45) is 5.14 Å². The Morgan fingerprint density at radius 1 is 1.00 bits per heavy atom. The average molecular weight is 483 g/mol. The maximum absolute atomic E-state index is 12.6. The number of carbonyl (C=O) groups excluding carboxylic acids is 1. The predicted octanol–water partition coefficient (Wildman–Crippen LogP) is 3.17. The summed E-state index contributed by atoms with van der Waals surface area (Å²) in [5.41, 5.74) is 1.33. The first kappa shape index (κ1) is 24.9. The van der Waals surface area contributed by atoms with Crippen LogP contribution in [0.3, 0.4) is 0 Å². The molecule has 0 aromatic heterocycles. The molecule has 4 N–H and O–H groups in total. The van der Waals surface area contributed by atoms with Gasteiger partial charge in [-0.1, -0.05) is 60.7 Å². The van der Waals surface area contributed by atoms with Gasteiger partial charge in [-0.25, -0.2) is 13.6 Å². The molecular weight excluding hydrogens is 456 g/mol. The van der Waals surface area contributed by atoms with E-state index in [1.165, 1.54) is 12.1 Å². The molecule has 34 heavy (non-hydrogen) atoms. The van der Waals surface area contributed by atoms with Crippen LogP contribution in [0.15, 0.2) is 83.8 Å². The van der Waals surface area contributed by atoms with Crippen molar-refractivity contribution in [1.82, 2.24) is 5.32 Å². The minimum Gasteiger partial charge on any atom is -0.379 e. The van der Waals surface area contributed by atoms with E-state index in [2.05, 4.69) is 17.6 Å². The number of hydrogen-bond acceptors (Lipinski definition) is 6. The lowest BCUT2D eigenvalue weighted by atomic mass is 9.76. The van der Waals surface area contributed by atoms with Crippen molar-refractivity contribution in [1.29, 1.82) is 0 Å². The third-order valence-corrected chi connectivity index (χ3v) is 6.53. The van der Waals surface area contributed by atoms with Crippen LogP contribution in [0, 0.1) is 10.1 Å². The summed E-state index contributed by atoms with van der Waals surface area (Å²) in [6, 6.07) is 23.1. The zero-order chi connectivity index (χ0) is 24.8. The molecule has 0 saturated carbocycles. The van der Waals surface area contributed by atoms with Crippen LogP contribution in [-0.2, 0) is 20.2 Å². The summed E-state index contributed by atoms with van der Waals surface area (Å²) in [6.45, 7) is 2.55. The molecule has 1 amide bonds. The molecule has 3 aromatic rings. The maximum atomic E-state index is 12.6. The second-order valence-electron chi connectivity index (χ2n) is 8.00. The van der Waals surface area contributed by atoms with Gasteiger partial charge in [0.15, 0.2) is 0 Å². The van der Waals surface area contributed by atoms with Crippen LogP contribution in [0.4, 0.5) is 11.4 Å². The van der Waals surface area contributed by atoms with Gasteiger partial charge in [0, 0.05) is 31.0 Å². The molecule has 3 aromatic carbocycles. The maximum Gasteiger partial charge on any atom is 0.293 e. The molecule has 0 fully saturated rings. The molecule has 0 heterocycles. The molecule has 0 saturated heterocycles. The van der Waals surface area contributed by atoms with Gasteiger partial charge >= 0.3 is 0 Å². The lowest BCUT2D eigenvalue weighted by molar-refractivity contribution is -0.384. The molecule has 10 heteroatoms. The number of nitro benzene ring substituents is 1. The van der Waals surface area contributed by atoms with Crippen molar-refractivity contribution in [2.75, 3.05) is 18.4 Å².